The molecule has 27 heavy (non-hydrogen) atoms. The first kappa shape index (κ1) is 17.3. The summed E-state index contributed by atoms with van der Waals surface area (Å²) in [5.74, 6) is 0.391. The highest BCUT2D eigenvalue weighted by Gasteiger charge is 2.15. The molecule has 3 aromatic rings. The minimum atomic E-state index is -0.447. The van der Waals surface area contributed by atoms with Crippen molar-refractivity contribution in [2.75, 3.05) is 12.9 Å². The number of aliphatic imine (C=N–C) groups is 1. The predicted molar refractivity (Wildman–Crippen MR) is 106 cm³/mol. The first-order valence-electron chi connectivity index (χ1n) is 8.21. The summed E-state index contributed by atoms with van der Waals surface area (Å²) in [5, 5.41) is 9.38. The van der Waals surface area contributed by atoms with Gasteiger partial charge in [0.1, 0.15) is 0 Å². The van der Waals surface area contributed by atoms with E-state index in [1.54, 1.807) is 18.3 Å². The summed E-state index contributed by atoms with van der Waals surface area (Å²) in [7, 11) is 1.43. The van der Waals surface area contributed by atoms with E-state index in [0.29, 0.717) is 16.6 Å². The minimum Gasteiger partial charge on any atom is -0.494 e. The quantitative estimate of drug-likeness (QED) is 0.748. The van der Waals surface area contributed by atoms with Gasteiger partial charge < -0.3 is 4.74 Å². The summed E-state index contributed by atoms with van der Waals surface area (Å²) in [6.07, 6.45) is 3.73. The molecule has 0 saturated heterocycles. The van der Waals surface area contributed by atoms with Gasteiger partial charge in [-0.15, -0.1) is 0 Å². The van der Waals surface area contributed by atoms with Crippen LogP contribution in [0, 0.1) is 5.82 Å². The van der Waals surface area contributed by atoms with Crippen molar-refractivity contribution in [1.82, 2.24) is 15.2 Å². The number of hydrazone groups is 1. The zero-order valence-corrected chi connectivity index (χ0v) is 15.3. The van der Waals surface area contributed by atoms with Crippen LogP contribution in [0.15, 0.2) is 71.0 Å². The summed E-state index contributed by atoms with van der Waals surface area (Å²) in [4.78, 5) is 4.38. The number of hydrogen-bond donors (Lipinski definition) is 1. The molecule has 1 N–H and O–H groups in total. The maximum Gasteiger partial charge on any atom is 0.182 e. The topological polar surface area (TPSA) is 63.8 Å². The van der Waals surface area contributed by atoms with Gasteiger partial charge in [0.05, 0.1) is 30.4 Å². The van der Waals surface area contributed by atoms with Crippen molar-refractivity contribution in [2.24, 2.45) is 10.1 Å². The number of amidine groups is 1. The third-order valence-corrected chi connectivity index (χ3v) is 4.81. The van der Waals surface area contributed by atoms with E-state index in [1.807, 2.05) is 41.2 Å². The molecule has 136 valence electrons. The second-order valence-electron chi connectivity index (χ2n) is 5.70. The molecule has 1 aliphatic heterocycles. The van der Waals surface area contributed by atoms with E-state index in [4.69, 9.17) is 4.74 Å². The molecule has 6 nitrogen and oxygen atoms in total. The Kier molecular flexibility index (Phi) is 4.88. The van der Waals surface area contributed by atoms with Gasteiger partial charge in [0.15, 0.2) is 16.7 Å². The van der Waals surface area contributed by atoms with Crippen molar-refractivity contribution in [3.8, 4) is 11.4 Å². The number of para-hydroxylation sites is 1. The molecule has 0 bridgehead atoms. The number of aromatic nitrogens is 2. The fourth-order valence-electron chi connectivity index (χ4n) is 2.56. The predicted octanol–water partition coefficient (Wildman–Crippen LogP) is 3.75. The van der Waals surface area contributed by atoms with Gasteiger partial charge in [0, 0.05) is 23.6 Å². The van der Waals surface area contributed by atoms with Crippen LogP contribution in [0.5, 0.6) is 5.75 Å². The third kappa shape index (κ3) is 3.85. The zero-order chi connectivity index (χ0) is 18.6. The SMILES string of the molecule is COc1ccc(N=C2NN=C(c3cnn(-c4ccccc4)c3)CS2)cc1F. The van der Waals surface area contributed by atoms with E-state index in [2.05, 4.69) is 20.6 Å². The number of thioether (sulfide) groups is 1. The maximum atomic E-state index is 13.8. The molecule has 0 fully saturated rings. The Morgan fingerprint density at radius 2 is 2.07 bits per heavy atom. The van der Waals surface area contributed by atoms with E-state index < -0.39 is 5.82 Å². The van der Waals surface area contributed by atoms with Gasteiger partial charge in [-0.3, -0.25) is 5.43 Å². The molecule has 0 amide bonds. The molecule has 0 aliphatic carbocycles. The summed E-state index contributed by atoms with van der Waals surface area (Å²) in [5.41, 5.74) is 6.23. The average molecular weight is 381 g/mol. The molecule has 0 saturated carbocycles. The van der Waals surface area contributed by atoms with Crippen LogP contribution in [-0.2, 0) is 0 Å². The van der Waals surface area contributed by atoms with Gasteiger partial charge in [0.25, 0.3) is 0 Å². The lowest BCUT2D eigenvalue weighted by Gasteiger charge is -2.13. The Bertz CT molecular complexity index is 1020. The number of ether oxygens (including phenoxy) is 1. The molecule has 2 aromatic carbocycles. The third-order valence-electron chi connectivity index (χ3n) is 3.93. The standard InChI is InChI=1S/C19H16FN5OS/c1-26-18-8-7-14(9-16(18)20)22-19-24-23-17(12-27-19)13-10-21-25(11-13)15-5-3-2-4-6-15/h2-11H,12H2,1H3,(H,22,24). The number of nitrogens with one attached hydrogen (secondary N) is 1. The molecule has 0 spiro atoms. The lowest BCUT2D eigenvalue weighted by atomic mass is 10.2. The molecule has 1 aromatic heterocycles. The van der Waals surface area contributed by atoms with Gasteiger partial charge in [-0.2, -0.15) is 10.2 Å². The fourth-order valence-corrected chi connectivity index (χ4v) is 3.34. The fraction of sp³-hybridized carbons (Fsp3) is 0.105. The maximum absolute atomic E-state index is 13.8. The Morgan fingerprint density at radius 1 is 1.22 bits per heavy atom. The number of nitrogens with zero attached hydrogens (tertiary/aromatic N) is 4. The lowest BCUT2D eigenvalue weighted by molar-refractivity contribution is 0.386. The van der Waals surface area contributed by atoms with E-state index in [-0.39, 0.29) is 5.75 Å². The molecule has 0 atom stereocenters. The van der Waals surface area contributed by atoms with Gasteiger partial charge >= 0.3 is 0 Å². The Balaban J connectivity index is 1.49. The van der Waals surface area contributed by atoms with Gasteiger partial charge in [-0.1, -0.05) is 30.0 Å². The molecule has 2 heterocycles. The molecular weight excluding hydrogens is 365 g/mol. The molecule has 0 radical (unpaired) electrons. The minimum absolute atomic E-state index is 0.193. The number of halogens is 1. The van der Waals surface area contributed by atoms with E-state index in [1.165, 1.54) is 24.9 Å². The highest BCUT2D eigenvalue weighted by atomic mass is 32.2. The Morgan fingerprint density at radius 3 is 2.78 bits per heavy atom. The molecular formula is C19H16FN5OS. The van der Waals surface area contributed by atoms with Crippen molar-refractivity contribution in [2.45, 2.75) is 0 Å². The number of methoxy groups -OCH3 is 1. The van der Waals surface area contributed by atoms with Crippen LogP contribution in [0.2, 0.25) is 0 Å². The Hall–Kier alpha value is -3.13. The van der Waals surface area contributed by atoms with E-state index in [0.717, 1.165) is 17.0 Å². The molecule has 0 unspecified atom stereocenters. The van der Waals surface area contributed by atoms with Crippen molar-refractivity contribution >= 4 is 28.3 Å². The molecule has 8 heteroatoms. The van der Waals surface area contributed by atoms with Crippen molar-refractivity contribution in [1.29, 1.82) is 0 Å². The normalized spacial score (nSPS) is 15.3. The highest BCUT2D eigenvalue weighted by molar-refractivity contribution is 8.14. The zero-order valence-electron chi connectivity index (χ0n) is 14.5. The van der Waals surface area contributed by atoms with Crippen LogP contribution < -0.4 is 10.2 Å². The number of rotatable bonds is 4. The van der Waals surface area contributed by atoms with E-state index >= 15 is 0 Å². The van der Waals surface area contributed by atoms with Crippen LogP contribution in [0.1, 0.15) is 5.56 Å². The van der Waals surface area contributed by atoms with Crippen LogP contribution in [0.25, 0.3) is 5.69 Å². The van der Waals surface area contributed by atoms with Crippen LogP contribution >= 0.6 is 11.8 Å². The summed E-state index contributed by atoms with van der Waals surface area (Å²) >= 11 is 1.50. The monoisotopic (exact) mass is 381 g/mol. The largest absolute Gasteiger partial charge is 0.494 e. The van der Waals surface area contributed by atoms with Gasteiger partial charge in [-0.05, 0) is 24.3 Å². The van der Waals surface area contributed by atoms with Crippen molar-refractivity contribution in [3.05, 3.63) is 72.3 Å². The van der Waals surface area contributed by atoms with Crippen LogP contribution in [-0.4, -0.2) is 33.5 Å². The number of hydrogen-bond acceptors (Lipinski definition) is 5. The summed E-state index contributed by atoms with van der Waals surface area (Å²) in [6.45, 7) is 0. The second kappa shape index (κ2) is 7.63. The second-order valence-corrected chi connectivity index (χ2v) is 6.67. The first-order chi connectivity index (χ1) is 13.2. The Labute approximate surface area is 159 Å². The van der Waals surface area contributed by atoms with E-state index in [9.17, 15) is 4.39 Å². The van der Waals surface area contributed by atoms with Crippen LogP contribution in [0.4, 0.5) is 10.1 Å². The smallest absolute Gasteiger partial charge is 0.182 e. The van der Waals surface area contributed by atoms with Crippen molar-refractivity contribution < 1.29 is 9.13 Å². The summed E-state index contributed by atoms with van der Waals surface area (Å²) < 4.78 is 20.5. The average Bonchev–Trinajstić information content (AvgIpc) is 3.20. The number of benzene rings is 2. The van der Waals surface area contributed by atoms with Gasteiger partial charge in [0.2, 0.25) is 0 Å². The molecule has 1 aliphatic rings. The van der Waals surface area contributed by atoms with Gasteiger partial charge in [-0.25, -0.2) is 14.1 Å². The summed E-state index contributed by atoms with van der Waals surface area (Å²) in [6, 6.07) is 14.5. The lowest BCUT2D eigenvalue weighted by Crippen LogP contribution is -2.25. The first-order valence-corrected chi connectivity index (χ1v) is 9.19. The highest BCUT2D eigenvalue weighted by Crippen LogP contribution is 2.24. The van der Waals surface area contributed by atoms with Crippen LogP contribution in [0.3, 0.4) is 0 Å². The van der Waals surface area contributed by atoms with Crippen molar-refractivity contribution in [3.63, 3.8) is 0 Å². The molecule has 4 rings (SSSR count).